The van der Waals surface area contributed by atoms with Gasteiger partial charge in [0.05, 0.1) is 6.67 Å². The Bertz CT molecular complexity index is 85.4. The van der Waals surface area contributed by atoms with E-state index < -0.39 is 0 Å². The van der Waals surface area contributed by atoms with Crippen LogP contribution < -0.4 is 11.2 Å². The molecule has 3 N–H and O–H groups in total. The molecule has 0 amide bonds. The van der Waals surface area contributed by atoms with E-state index in [2.05, 4.69) is 31.2 Å². The molecule has 68 valence electrons. The third-order valence-corrected chi connectivity index (χ3v) is 1.87. The molecule has 0 aromatic carbocycles. The van der Waals surface area contributed by atoms with Crippen LogP contribution in [0.25, 0.3) is 0 Å². The molecule has 0 bridgehead atoms. The summed E-state index contributed by atoms with van der Waals surface area (Å²) in [7, 11) is 0. The van der Waals surface area contributed by atoms with E-state index in [1.54, 1.807) is 0 Å². The Morgan fingerprint density at radius 2 is 2.09 bits per heavy atom. The maximum absolute atomic E-state index is 5.39. The third-order valence-electron chi connectivity index (χ3n) is 1.87. The molecule has 0 saturated heterocycles. The summed E-state index contributed by atoms with van der Waals surface area (Å²) in [5, 5.41) is 2.18. The van der Waals surface area contributed by atoms with Crippen LogP contribution in [-0.4, -0.2) is 24.3 Å². The van der Waals surface area contributed by atoms with Crippen LogP contribution in [0.4, 0.5) is 0 Å². The van der Waals surface area contributed by atoms with Crippen LogP contribution in [0.15, 0.2) is 0 Å². The zero-order valence-corrected chi connectivity index (χ0v) is 7.93. The molecule has 0 spiro atoms. The molecule has 0 rings (SSSR count). The topological polar surface area (TPSA) is 41.3 Å². The molecule has 1 unspecified atom stereocenters. The number of nitrogens with one attached hydrogen (secondary N) is 1. The molecular formula is C8H21N3. The normalized spacial score (nSPS) is 13.9. The van der Waals surface area contributed by atoms with Crippen molar-refractivity contribution in [2.75, 3.05) is 13.2 Å². The van der Waals surface area contributed by atoms with Gasteiger partial charge in [-0.1, -0.05) is 20.3 Å². The minimum atomic E-state index is 0.530. The fourth-order valence-corrected chi connectivity index (χ4v) is 1.27. The quantitative estimate of drug-likeness (QED) is 0.447. The summed E-state index contributed by atoms with van der Waals surface area (Å²) in [6.07, 6.45) is 2.45. The Balaban J connectivity index is 3.61. The molecule has 0 heterocycles. The highest BCUT2D eigenvalue weighted by Gasteiger charge is 2.08. The lowest BCUT2D eigenvalue weighted by atomic mass is 10.2. The molecule has 0 aromatic heterocycles. The van der Waals surface area contributed by atoms with Crippen molar-refractivity contribution in [3.8, 4) is 0 Å². The van der Waals surface area contributed by atoms with Gasteiger partial charge in [0.25, 0.3) is 0 Å². The summed E-state index contributed by atoms with van der Waals surface area (Å²) >= 11 is 0. The highest BCUT2D eigenvalue weighted by Crippen LogP contribution is 2.02. The Labute approximate surface area is 69.9 Å². The minimum Gasteiger partial charge on any atom is -0.317 e. The molecular weight excluding hydrogens is 138 g/mol. The van der Waals surface area contributed by atoms with Gasteiger partial charge in [0.2, 0.25) is 0 Å². The van der Waals surface area contributed by atoms with Crippen LogP contribution in [0, 0.1) is 0 Å². The van der Waals surface area contributed by atoms with E-state index in [1.807, 2.05) is 0 Å². The summed E-state index contributed by atoms with van der Waals surface area (Å²) < 4.78 is 0. The zero-order chi connectivity index (χ0) is 8.69. The zero-order valence-electron chi connectivity index (χ0n) is 7.93. The van der Waals surface area contributed by atoms with Gasteiger partial charge in [0.15, 0.2) is 0 Å². The second-order valence-electron chi connectivity index (χ2n) is 2.79. The Morgan fingerprint density at radius 1 is 1.45 bits per heavy atom. The van der Waals surface area contributed by atoms with Crippen molar-refractivity contribution in [2.45, 2.75) is 39.7 Å². The second kappa shape index (κ2) is 6.58. The van der Waals surface area contributed by atoms with Gasteiger partial charge in [-0.15, -0.1) is 0 Å². The summed E-state index contributed by atoms with van der Waals surface area (Å²) in [5.41, 5.74) is 8.51. The smallest absolute Gasteiger partial charge is 0.0567 e. The molecule has 0 aliphatic heterocycles. The van der Waals surface area contributed by atoms with Crippen molar-refractivity contribution in [3.05, 3.63) is 0 Å². The third kappa shape index (κ3) is 4.35. The molecule has 1 atom stereocenters. The predicted octanol–water partition coefficient (Wildman–Crippen LogP) is 0.918. The number of hydrogen-bond donors (Lipinski definition) is 2. The minimum absolute atomic E-state index is 0.530. The number of nitrogens with zero attached hydrogens (tertiary/aromatic N) is 1. The number of rotatable bonds is 6. The van der Waals surface area contributed by atoms with E-state index in [1.165, 1.54) is 12.8 Å². The summed E-state index contributed by atoms with van der Waals surface area (Å²) in [4.78, 5) is 0. The highest BCUT2D eigenvalue weighted by atomic mass is 15.5. The lowest BCUT2D eigenvalue weighted by Crippen LogP contribution is -2.46. The van der Waals surface area contributed by atoms with E-state index in [-0.39, 0.29) is 0 Å². The van der Waals surface area contributed by atoms with E-state index in [4.69, 9.17) is 5.73 Å². The average molecular weight is 159 g/mol. The van der Waals surface area contributed by atoms with Crippen molar-refractivity contribution in [1.29, 1.82) is 0 Å². The number of hydrazine groups is 1. The van der Waals surface area contributed by atoms with Crippen LogP contribution >= 0.6 is 0 Å². The molecule has 0 aromatic rings. The van der Waals surface area contributed by atoms with Crippen molar-refractivity contribution >= 4 is 0 Å². The highest BCUT2D eigenvalue weighted by molar-refractivity contribution is 4.60. The first-order chi connectivity index (χ1) is 5.26. The molecule has 11 heavy (non-hydrogen) atoms. The molecule has 0 saturated carbocycles. The maximum atomic E-state index is 5.39. The Hall–Kier alpha value is -0.120. The first kappa shape index (κ1) is 10.9. The standard InChI is InChI=1S/C8H21N3/c1-4-6-8(3)11(5-2)10-7-9/h8,10H,4-7,9H2,1-3H3. The lowest BCUT2D eigenvalue weighted by Gasteiger charge is -2.27. The van der Waals surface area contributed by atoms with Crippen molar-refractivity contribution in [2.24, 2.45) is 5.73 Å². The molecule has 0 aliphatic rings. The van der Waals surface area contributed by atoms with Gasteiger partial charge in [-0.05, 0) is 13.3 Å². The van der Waals surface area contributed by atoms with Crippen LogP contribution in [0.3, 0.4) is 0 Å². The fraction of sp³-hybridized carbons (Fsp3) is 1.00. The van der Waals surface area contributed by atoms with Crippen LogP contribution in [0.2, 0.25) is 0 Å². The van der Waals surface area contributed by atoms with Crippen molar-refractivity contribution in [1.82, 2.24) is 10.4 Å². The van der Waals surface area contributed by atoms with Gasteiger partial charge in [-0.2, -0.15) is 0 Å². The van der Waals surface area contributed by atoms with Gasteiger partial charge in [-0.25, -0.2) is 10.4 Å². The molecule has 3 nitrogen and oxygen atoms in total. The van der Waals surface area contributed by atoms with Crippen molar-refractivity contribution in [3.63, 3.8) is 0 Å². The summed E-state index contributed by atoms with van der Waals surface area (Å²) in [6.45, 7) is 8.09. The fourth-order valence-electron chi connectivity index (χ4n) is 1.27. The van der Waals surface area contributed by atoms with Gasteiger partial charge >= 0.3 is 0 Å². The van der Waals surface area contributed by atoms with Crippen LogP contribution in [-0.2, 0) is 0 Å². The average Bonchev–Trinajstić information content (AvgIpc) is 2.00. The van der Waals surface area contributed by atoms with E-state index in [0.29, 0.717) is 12.7 Å². The van der Waals surface area contributed by atoms with Crippen LogP contribution in [0.5, 0.6) is 0 Å². The number of nitrogens with two attached hydrogens (primary N) is 1. The second-order valence-corrected chi connectivity index (χ2v) is 2.79. The van der Waals surface area contributed by atoms with Gasteiger partial charge < -0.3 is 5.73 Å². The van der Waals surface area contributed by atoms with Gasteiger partial charge in [-0.3, -0.25) is 0 Å². The Kier molecular flexibility index (Phi) is 6.51. The largest absolute Gasteiger partial charge is 0.317 e. The molecule has 0 fully saturated rings. The first-order valence-corrected chi connectivity index (χ1v) is 4.46. The van der Waals surface area contributed by atoms with E-state index >= 15 is 0 Å². The monoisotopic (exact) mass is 159 g/mol. The van der Waals surface area contributed by atoms with Gasteiger partial charge in [0.1, 0.15) is 0 Å². The molecule has 0 radical (unpaired) electrons. The summed E-state index contributed by atoms with van der Waals surface area (Å²) in [6, 6.07) is 0.591. The molecule has 3 heteroatoms. The maximum Gasteiger partial charge on any atom is 0.0567 e. The first-order valence-electron chi connectivity index (χ1n) is 4.46. The van der Waals surface area contributed by atoms with Gasteiger partial charge in [0, 0.05) is 12.6 Å². The SMILES string of the molecule is CCCC(C)N(CC)NCN. The van der Waals surface area contributed by atoms with E-state index in [0.717, 1.165) is 6.54 Å². The predicted molar refractivity (Wildman–Crippen MR) is 48.9 cm³/mol. The lowest BCUT2D eigenvalue weighted by molar-refractivity contribution is 0.136. The number of hydrogen-bond acceptors (Lipinski definition) is 3. The van der Waals surface area contributed by atoms with E-state index in [9.17, 15) is 0 Å². The molecule has 0 aliphatic carbocycles. The summed E-state index contributed by atoms with van der Waals surface area (Å²) in [5.74, 6) is 0. The Morgan fingerprint density at radius 3 is 2.45 bits per heavy atom. The van der Waals surface area contributed by atoms with Crippen molar-refractivity contribution < 1.29 is 0 Å². The van der Waals surface area contributed by atoms with Crippen LogP contribution in [0.1, 0.15) is 33.6 Å².